The molecule has 1 aromatic heterocycles. The van der Waals surface area contributed by atoms with Crippen LogP contribution in [0.1, 0.15) is 56.2 Å². The highest BCUT2D eigenvalue weighted by Gasteiger charge is 2.17. The first-order chi connectivity index (χ1) is 19.7. The monoisotopic (exact) mass is 577 g/mol. The predicted octanol–water partition coefficient (Wildman–Crippen LogP) is 8.45. The number of nitrogens with zero attached hydrogens (tertiary/aromatic N) is 2. The number of allylic oxidation sites excluding steroid dienone is 2. The molecule has 3 aromatic carbocycles. The van der Waals surface area contributed by atoms with E-state index in [0.29, 0.717) is 29.0 Å². The summed E-state index contributed by atoms with van der Waals surface area (Å²) in [6.45, 7) is 4.40. The maximum Gasteiger partial charge on any atom is 0.248 e. The first-order valence-electron chi connectivity index (χ1n) is 13.6. The van der Waals surface area contributed by atoms with Crippen molar-refractivity contribution in [3.8, 4) is 5.75 Å². The van der Waals surface area contributed by atoms with E-state index in [-0.39, 0.29) is 5.91 Å². The Hall–Kier alpha value is -3.97. The molecule has 0 unspecified atom stereocenters. The summed E-state index contributed by atoms with van der Waals surface area (Å²) in [4.78, 5) is 13.5. The molecule has 0 atom stereocenters. The van der Waals surface area contributed by atoms with Gasteiger partial charge in [0.05, 0.1) is 22.5 Å². The molecule has 0 aliphatic heterocycles. The Morgan fingerprint density at radius 1 is 1.02 bits per heavy atom. The van der Waals surface area contributed by atoms with E-state index in [0.717, 1.165) is 58.4 Å². The van der Waals surface area contributed by atoms with Crippen LogP contribution in [0.4, 0.5) is 8.78 Å². The van der Waals surface area contributed by atoms with Crippen molar-refractivity contribution in [2.75, 3.05) is 20.7 Å². The van der Waals surface area contributed by atoms with Crippen LogP contribution in [-0.4, -0.2) is 41.7 Å². The maximum absolute atomic E-state index is 14.4. The molecule has 0 spiro atoms. The molecule has 5 nitrogen and oxygen atoms in total. The Morgan fingerprint density at radius 2 is 1.76 bits per heavy atom. The minimum Gasteiger partial charge on any atom is -0.494 e. The molecule has 0 saturated heterocycles. The second-order valence-corrected chi connectivity index (χ2v) is 10.5. The second kappa shape index (κ2) is 13.6. The summed E-state index contributed by atoms with van der Waals surface area (Å²) in [5.41, 5.74) is 5.45. The Labute approximate surface area is 244 Å². The van der Waals surface area contributed by atoms with Gasteiger partial charge in [0.2, 0.25) is 11.9 Å². The minimum absolute atomic E-state index is 0.0255. The lowest BCUT2D eigenvalue weighted by Crippen LogP contribution is -2.22. The number of likely N-dealkylation sites (N-methyl/N-ethyl adjacent to an activating group) is 1. The van der Waals surface area contributed by atoms with Gasteiger partial charge in [0, 0.05) is 19.7 Å². The average molecular weight is 578 g/mol. The van der Waals surface area contributed by atoms with E-state index in [4.69, 9.17) is 16.3 Å². The van der Waals surface area contributed by atoms with E-state index in [1.807, 2.05) is 50.3 Å². The van der Waals surface area contributed by atoms with Gasteiger partial charge in [-0.25, -0.2) is 4.39 Å². The molecule has 0 radical (unpaired) electrons. The number of hydrogen-bond acceptors (Lipinski definition) is 3. The summed E-state index contributed by atoms with van der Waals surface area (Å²) in [5, 5.41) is 7.10. The maximum atomic E-state index is 14.4. The zero-order chi connectivity index (χ0) is 29.5. The van der Waals surface area contributed by atoms with E-state index >= 15 is 0 Å². The molecule has 0 bridgehead atoms. The lowest BCUT2D eigenvalue weighted by molar-refractivity contribution is -0.124. The van der Waals surface area contributed by atoms with Gasteiger partial charge < -0.3 is 9.64 Å². The first-order valence-corrected chi connectivity index (χ1v) is 14.0. The number of benzene rings is 3. The summed E-state index contributed by atoms with van der Waals surface area (Å²) in [6, 6.07) is 17.6. The summed E-state index contributed by atoms with van der Waals surface area (Å²) >= 11 is 6.50. The van der Waals surface area contributed by atoms with E-state index in [2.05, 4.69) is 10.2 Å². The van der Waals surface area contributed by atoms with E-state index in [1.54, 1.807) is 37.2 Å². The highest BCUT2D eigenvalue weighted by molar-refractivity contribution is 6.32. The summed E-state index contributed by atoms with van der Waals surface area (Å²) in [5.74, 6) is -0.153. The van der Waals surface area contributed by atoms with Crippen molar-refractivity contribution in [3.63, 3.8) is 0 Å². The number of ether oxygens (including phenoxy) is 1. The second-order valence-electron chi connectivity index (χ2n) is 10.1. The number of nitrogens with one attached hydrogen (secondary N) is 1. The van der Waals surface area contributed by atoms with Crippen molar-refractivity contribution >= 4 is 39.6 Å². The lowest BCUT2D eigenvalue weighted by atomic mass is 9.87. The minimum atomic E-state index is -0.502. The molecule has 0 aliphatic carbocycles. The van der Waals surface area contributed by atoms with Gasteiger partial charge in [0.1, 0.15) is 11.6 Å². The van der Waals surface area contributed by atoms with Crippen LogP contribution in [0.15, 0.2) is 72.3 Å². The Bertz CT molecular complexity index is 1590. The molecule has 0 fully saturated rings. The normalized spacial score (nSPS) is 12.4. The molecule has 0 aliphatic rings. The van der Waals surface area contributed by atoms with Gasteiger partial charge in [0.25, 0.3) is 0 Å². The van der Waals surface area contributed by atoms with Crippen LogP contribution in [0.5, 0.6) is 5.75 Å². The van der Waals surface area contributed by atoms with E-state index in [1.165, 1.54) is 12.1 Å². The van der Waals surface area contributed by atoms with Gasteiger partial charge in [-0.2, -0.15) is 9.49 Å². The number of carbonyl (C=O) groups is 1. The van der Waals surface area contributed by atoms with Crippen molar-refractivity contribution in [1.29, 1.82) is 0 Å². The fourth-order valence-electron chi connectivity index (χ4n) is 4.80. The van der Waals surface area contributed by atoms with E-state index < -0.39 is 11.8 Å². The van der Waals surface area contributed by atoms with E-state index in [9.17, 15) is 13.6 Å². The van der Waals surface area contributed by atoms with Crippen LogP contribution in [0.3, 0.4) is 0 Å². The van der Waals surface area contributed by atoms with Crippen molar-refractivity contribution in [2.45, 2.75) is 39.5 Å². The number of aromatic nitrogens is 2. The molecule has 41 heavy (non-hydrogen) atoms. The van der Waals surface area contributed by atoms with Gasteiger partial charge >= 0.3 is 0 Å². The highest BCUT2D eigenvalue weighted by atomic mass is 35.5. The molecule has 8 heteroatoms. The van der Waals surface area contributed by atoms with Gasteiger partial charge in [0.15, 0.2) is 0 Å². The van der Waals surface area contributed by atoms with Crippen molar-refractivity contribution in [1.82, 2.24) is 15.1 Å². The Kier molecular flexibility index (Phi) is 9.95. The number of carbonyl (C=O) groups excluding carboxylic acids is 1. The molecule has 0 saturated carbocycles. The zero-order valence-electron chi connectivity index (χ0n) is 23.7. The topological polar surface area (TPSA) is 58.2 Å². The Morgan fingerprint density at radius 3 is 2.44 bits per heavy atom. The SMILES string of the molecule is CC/C(=C(/c1ccc(OCCCC/C=C(\C)C(=O)N(C)C)cc1)c1ccc2n[nH]c(F)c2c1)c1ccc(F)cc1Cl. The number of fused-ring (bicyclic) bond motifs is 1. The largest absolute Gasteiger partial charge is 0.494 e. The molecule has 214 valence electrons. The standard InChI is InChI=1S/C33H34ClF2N3O2/c1-5-26(27-16-13-24(35)20-29(27)34)31(23-12-17-30-28(19-23)32(36)38-37-30)22-10-14-25(15-11-22)41-18-8-6-7-9-21(2)33(40)39(3)4/h9-17,19-20H,5-8,18H2,1-4H3,(H,37,38)/b21-9+,31-26+. The third kappa shape index (κ3) is 7.22. The fourth-order valence-corrected chi connectivity index (χ4v) is 5.08. The molecule has 4 aromatic rings. The number of halogens is 3. The summed E-state index contributed by atoms with van der Waals surface area (Å²) < 4.78 is 34.3. The van der Waals surface area contributed by atoms with Crippen LogP contribution in [0.25, 0.3) is 22.0 Å². The third-order valence-electron chi connectivity index (χ3n) is 6.91. The van der Waals surface area contributed by atoms with Crippen molar-refractivity contribution in [2.24, 2.45) is 0 Å². The highest BCUT2D eigenvalue weighted by Crippen LogP contribution is 2.38. The van der Waals surface area contributed by atoms with Crippen LogP contribution in [-0.2, 0) is 4.79 Å². The summed E-state index contributed by atoms with van der Waals surface area (Å²) in [7, 11) is 3.49. The smallest absolute Gasteiger partial charge is 0.248 e. The number of amides is 1. The Balaban J connectivity index is 1.57. The van der Waals surface area contributed by atoms with Gasteiger partial charge in [-0.15, -0.1) is 0 Å². The molecule has 4 rings (SSSR count). The van der Waals surface area contributed by atoms with Gasteiger partial charge in [-0.05, 0) is 96.8 Å². The number of aromatic amines is 1. The molecule has 1 N–H and O–H groups in total. The molecule has 1 amide bonds. The van der Waals surface area contributed by atoms with Crippen molar-refractivity contribution < 1.29 is 18.3 Å². The summed E-state index contributed by atoms with van der Waals surface area (Å²) in [6.07, 6.45) is 5.16. The third-order valence-corrected chi connectivity index (χ3v) is 7.22. The first kappa shape index (κ1) is 30.0. The quantitative estimate of drug-likeness (QED) is 0.110. The fraction of sp³-hybridized carbons (Fsp3) is 0.273. The van der Waals surface area contributed by atoms with Crippen LogP contribution in [0, 0.1) is 11.8 Å². The van der Waals surface area contributed by atoms with Gasteiger partial charge in [-0.3, -0.25) is 9.89 Å². The lowest BCUT2D eigenvalue weighted by Gasteiger charge is -2.18. The van der Waals surface area contributed by atoms with Crippen LogP contribution < -0.4 is 4.74 Å². The van der Waals surface area contributed by atoms with Crippen molar-refractivity contribution in [3.05, 3.63) is 106 Å². The number of rotatable bonds is 11. The zero-order valence-corrected chi connectivity index (χ0v) is 24.5. The average Bonchev–Trinajstić information content (AvgIpc) is 3.33. The predicted molar refractivity (Wildman–Crippen MR) is 162 cm³/mol. The molecular formula is C33H34ClF2N3O2. The molecule has 1 heterocycles. The van der Waals surface area contributed by atoms with Crippen LogP contribution in [0.2, 0.25) is 5.02 Å². The number of unbranched alkanes of at least 4 members (excludes halogenated alkanes) is 2. The van der Waals surface area contributed by atoms with Crippen LogP contribution >= 0.6 is 11.6 Å². The number of hydrogen-bond donors (Lipinski definition) is 1. The number of H-pyrrole nitrogens is 1. The van der Waals surface area contributed by atoms with Gasteiger partial charge in [-0.1, -0.05) is 48.9 Å². The molecular weight excluding hydrogens is 544 g/mol.